The Morgan fingerprint density at radius 2 is 1.76 bits per heavy atom. The second-order valence-electron chi connectivity index (χ2n) is 8.61. The number of carbonyl (C=O) groups is 2. The second kappa shape index (κ2) is 7.52. The zero-order valence-corrected chi connectivity index (χ0v) is 15.7. The van der Waals surface area contributed by atoms with Gasteiger partial charge in [-0.15, -0.1) is 0 Å². The summed E-state index contributed by atoms with van der Waals surface area (Å²) in [6.07, 6.45) is 7.19. The van der Waals surface area contributed by atoms with E-state index in [9.17, 15) is 14.7 Å². The lowest BCUT2D eigenvalue weighted by atomic mass is 9.76. The summed E-state index contributed by atoms with van der Waals surface area (Å²) in [6, 6.07) is 0.0348. The zero-order chi connectivity index (χ0) is 18.0. The highest BCUT2D eigenvalue weighted by molar-refractivity contribution is 5.80. The van der Waals surface area contributed by atoms with Crippen molar-refractivity contribution in [2.45, 2.75) is 44.9 Å². The average Bonchev–Trinajstić information content (AvgIpc) is 3.44. The first-order valence-corrected chi connectivity index (χ1v) is 9.80. The monoisotopic (exact) mass is 351 g/mol. The van der Waals surface area contributed by atoms with Crippen LogP contribution in [0.15, 0.2) is 0 Å². The summed E-state index contributed by atoms with van der Waals surface area (Å²) in [5, 5.41) is 9.99. The Kier molecular flexibility index (Phi) is 5.56. The van der Waals surface area contributed by atoms with Gasteiger partial charge in [0, 0.05) is 51.6 Å². The molecule has 0 aromatic heterocycles. The number of rotatable bonds is 4. The number of hydrogen-bond donors (Lipinski definition) is 1. The van der Waals surface area contributed by atoms with Gasteiger partial charge in [0.25, 0.3) is 0 Å². The minimum Gasteiger partial charge on any atom is -0.396 e. The van der Waals surface area contributed by atoms with Crippen LogP contribution in [0.5, 0.6) is 0 Å². The van der Waals surface area contributed by atoms with Crippen LogP contribution in [0.25, 0.3) is 0 Å². The fourth-order valence-electron chi connectivity index (χ4n) is 4.55. The second-order valence-corrected chi connectivity index (χ2v) is 8.61. The Hall–Kier alpha value is -1.30. The Bertz CT molecular complexity index is 498. The molecule has 1 aliphatic carbocycles. The first-order valence-electron chi connectivity index (χ1n) is 9.80. The number of piperidine rings is 2. The predicted octanol–water partition coefficient (Wildman–Crippen LogP) is 1.78. The summed E-state index contributed by atoms with van der Waals surface area (Å²) >= 11 is 0. The zero-order valence-electron chi connectivity index (χ0n) is 15.7. The summed E-state index contributed by atoms with van der Waals surface area (Å²) in [5.41, 5.74) is -0.0728. The van der Waals surface area contributed by atoms with Crippen molar-refractivity contribution < 1.29 is 14.7 Å². The number of likely N-dealkylation sites (tertiary alicyclic amines) is 2. The Morgan fingerprint density at radius 1 is 1.08 bits per heavy atom. The number of urea groups is 1. The molecule has 1 atom stereocenters. The third kappa shape index (κ3) is 4.27. The van der Waals surface area contributed by atoms with Crippen molar-refractivity contribution in [1.82, 2.24) is 14.7 Å². The van der Waals surface area contributed by atoms with Crippen molar-refractivity contribution in [2.75, 3.05) is 46.9 Å². The molecule has 0 bridgehead atoms. The number of hydrogen-bond acceptors (Lipinski definition) is 3. The van der Waals surface area contributed by atoms with E-state index in [2.05, 4.69) is 0 Å². The van der Waals surface area contributed by atoms with Crippen molar-refractivity contribution >= 4 is 11.9 Å². The van der Waals surface area contributed by atoms with Crippen LogP contribution in [0, 0.1) is 17.3 Å². The molecule has 1 saturated carbocycles. The van der Waals surface area contributed by atoms with Gasteiger partial charge in [0.05, 0.1) is 6.61 Å². The number of amides is 3. The molecular weight excluding hydrogens is 318 g/mol. The van der Waals surface area contributed by atoms with Crippen molar-refractivity contribution in [3.05, 3.63) is 0 Å². The molecule has 6 heteroatoms. The molecule has 3 fully saturated rings. The molecule has 2 heterocycles. The number of carbonyl (C=O) groups excluding carboxylic acids is 2. The van der Waals surface area contributed by atoms with Gasteiger partial charge in [0.2, 0.25) is 5.91 Å². The van der Waals surface area contributed by atoms with Crippen LogP contribution in [0.2, 0.25) is 0 Å². The normalized spacial score (nSPS) is 28.1. The summed E-state index contributed by atoms with van der Waals surface area (Å²) in [4.78, 5) is 30.5. The molecule has 0 aromatic rings. The topological polar surface area (TPSA) is 64.1 Å². The van der Waals surface area contributed by atoms with Crippen molar-refractivity contribution in [2.24, 2.45) is 17.3 Å². The van der Waals surface area contributed by atoms with Crippen molar-refractivity contribution in [3.63, 3.8) is 0 Å². The third-order valence-electron chi connectivity index (χ3n) is 6.22. The quantitative estimate of drug-likeness (QED) is 0.840. The predicted molar refractivity (Wildman–Crippen MR) is 96.1 cm³/mol. The lowest BCUT2D eigenvalue weighted by Crippen LogP contribution is -2.52. The highest BCUT2D eigenvalue weighted by Gasteiger charge is 2.42. The van der Waals surface area contributed by atoms with Gasteiger partial charge in [0.1, 0.15) is 0 Å². The van der Waals surface area contributed by atoms with Gasteiger partial charge in [-0.05, 0) is 38.0 Å². The van der Waals surface area contributed by atoms with E-state index < -0.39 is 0 Å². The van der Waals surface area contributed by atoms with Gasteiger partial charge in [-0.3, -0.25) is 4.79 Å². The van der Waals surface area contributed by atoms with Crippen LogP contribution in [0.3, 0.4) is 0 Å². The van der Waals surface area contributed by atoms with Crippen LogP contribution in [-0.4, -0.2) is 78.6 Å². The van der Waals surface area contributed by atoms with Gasteiger partial charge < -0.3 is 19.8 Å². The van der Waals surface area contributed by atoms with E-state index in [0.717, 1.165) is 51.1 Å². The van der Waals surface area contributed by atoms with Gasteiger partial charge in [0.15, 0.2) is 0 Å². The molecule has 0 unspecified atom stereocenters. The first-order chi connectivity index (χ1) is 11.9. The maximum absolute atomic E-state index is 13.0. The average molecular weight is 351 g/mol. The highest BCUT2D eigenvalue weighted by atomic mass is 16.3. The van der Waals surface area contributed by atoms with Crippen LogP contribution in [-0.2, 0) is 4.79 Å². The van der Waals surface area contributed by atoms with Gasteiger partial charge in [-0.1, -0.05) is 12.8 Å². The van der Waals surface area contributed by atoms with E-state index in [1.807, 2.05) is 9.80 Å². The van der Waals surface area contributed by atoms with Crippen LogP contribution < -0.4 is 0 Å². The van der Waals surface area contributed by atoms with Crippen LogP contribution >= 0.6 is 0 Å². The summed E-state index contributed by atoms with van der Waals surface area (Å²) in [6.45, 7) is 3.06. The number of nitrogens with zero attached hydrogens (tertiary/aromatic N) is 3. The maximum atomic E-state index is 13.0. The lowest BCUT2D eigenvalue weighted by molar-refractivity contribution is -0.141. The fraction of sp³-hybridized carbons (Fsp3) is 0.895. The first kappa shape index (κ1) is 18.5. The van der Waals surface area contributed by atoms with Crippen LogP contribution in [0.1, 0.15) is 44.9 Å². The van der Waals surface area contributed by atoms with E-state index in [0.29, 0.717) is 13.1 Å². The molecule has 0 spiro atoms. The Balaban J connectivity index is 1.55. The molecule has 142 valence electrons. The van der Waals surface area contributed by atoms with E-state index >= 15 is 0 Å². The molecule has 3 rings (SSSR count). The standard InChI is InChI=1S/C19H33N3O3/c1-20(2)18(25)21-10-6-16(7-11-21)17(24)22-9-3-8-19(13-22,14-23)12-15-4-5-15/h15-16,23H,3-14H2,1-2H3/t19-/m0/s1. The van der Waals surface area contributed by atoms with E-state index in [1.54, 1.807) is 19.0 Å². The number of aliphatic hydroxyl groups is 1. The van der Waals surface area contributed by atoms with E-state index in [4.69, 9.17) is 0 Å². The molecular formula is C19H33N3O3. The largest absolute Gasteiger partial charge is 0.396 e. The highest BCUT2D eigenvalue weighted by Crippen LogP contribution is 2.44. The van der Waals surface area contributed by atoms with Crippen molar-refractivity contribution in [1.29, 1.82) is 0 Å². The Morgan fingerprint density at radius 3 is 2.32 bits per heavy atom. The fourth-order valence-corrected chi connectivity index (χ4v) is 4.55. The minimum absolute atomic E-state index is 0.0293. The van der Waals surface area contributed by atoms with Gasteiger partial charge in [-0.2, -0.15) is 0 Å². The maximum Gasteiger partial charge on any atom is 0.319 e. The van der Waals surface area contributed by atoms with Gasteiger partial charge in [-0.25, -0.2) is 4.79 Å². The Labute approximate surface area is 151 Å². The molecule has 0 radical (unpaired) electrons. The summed E-state index contributed by atoms with van der Waals surface area (Å²) in [5.74, 6) is 1.04. The molecule has 2 saturated heterocycles. The molecule has 3 aliphatic rings. The SMILES string of the molecule is CN(C)C(=O)N1CCC(C(=O)N2CCC[C@](CO)(CC3CC3)C2)CC1. The lowest BCUT2D eigenvalue weighted by Gasteiger charge is -2.44. The van der Waals surface area contributed by atoms with E-state index in [-0.39, 0.29) is 29.9 Å². The molecule has 6 nitrogen and oxygen atoms in total. The summed E-state index contributed by atoms with van der Waals surface area (Å²) in [7, 11) is 3.53. The molecule has 3 amide bonds. The van der Waals surface area contributed by atoms with Crippen LogP contribution in [0.4, 0.5) is 4.79 Å². The van der Waals surface area contributed by atoms with Gasteiger partial charge >= 0.3 is 6.03 Å². The van der Waals surface area contributed by atoms with E-state index in [1.165, 1.54) is 12.8 Å². The third-order valence-corrected chi connectivity index (χ3v) is 6.22. The minimum atomic E-state index is -0.0728. The number of aliphatic hydroxyl groups excluding tert-OH is 1. The van der Waals surface area contributed by atoms with Crippen molar-refractivity contribution in [3.8, 4) is 0 Å². The molecule has 1 N–H and O–H groups in total. The summed E-state index contributed by atoms with van der Waals surface area (Å²) < 4.78 is 0. The molecule has 2 aliphatic heterocycles. The molecule has 0 aromatic carbocycles. The smallest absolute Gasteiger partial charge is 0.319 e. The molecule has 25 heavy (non-hydrogen) atoms.